The quantitative estimate of drug-likeness (QED) is 0.114. The van der Waals surface area contributed by atoms with Crippen molar-refractivity contribution in [1.82, 2.24) is 13.0 Å². The second-order valence-electron chi connectivity index (χ2n) is 41.9. The SMILES string of the molecule is CC(C)(C)c1cc(-c2ccc3c(c2)N(P(Oc2cccc4c2CC2(C4)Cc4cccc(OP(n5ccc6ccc(-c7cc(C(C)(C)C)cc(C(C)(C)C)c7)cc65)n5ccc6ccc(-c7cc(C(C)(C)C)cc(C(C)(C)C)c7)cc65)c4C2)n2ccc4ccc(-c5cc(C(C)(C)C)cc(C(C)(C)C)c5)cc42)CC3)cc(C(C)(C)C)c1. The molecular weight excluding hydrogens is 1410 g/mol. The topological polar surface area (TPSA) is 36.5 Å². The molecule has 0 saturated heterocycles. The molecule has 16 rings (SSSR count). The first-order valence-electron chi connectivity index (χ1n) is 41.5. The van der Waals surface area contributed by atoms with Gasteiger partial charge in [-0.2, -0.15) is 0 Å². The molecule has 6 nitrogen and oxygen atoms in total. The standard InChI is InChI=1S/C105H120N4O2P2/c1-97(2,3)81-47-77(48-82(59-81)98(4,5)6)71-35-31-67-39-43-106(91(67)55-71)112(107-44-40-68-32-36-72(56-92(68)107)78-49-83(99(7,8)9)60-84(50-78)100(10,11)12)110-95-29-25-27-75-63-105(65-89(75)95)64-76-28-26-30-96(90(76)66-105)111-113(108-45-41-69-33-37-73(57-93(69)108)79-51-85(101(13,14)15)61-86(52-79)102(16,17)18)109-46-42-70-34-38-74(58-94(70)109)80-53-87(103(19,20)21)62-88(54-80)104(22,23)24/h25-41,43-45,47-62H,42,46,63-66H2,1-24H3. The van der Waals surface area contributed by atoms with E-state index in [1.165, 1.54) is 144 Å². The summed E-state index contributed by atoms with van der Waals surface area (Å²) in [5, 5.41) is 3.57. The third kappa shape index (κ3) is 15.2. The van der Waals surface area contributed by atoms with Gasteiger partial charge in [0.25, 0.3) is 0 Å². The zero-order chi connectivity index (χ0) is 80.4. The van der Waals surface area contributed by atoms with Crippen molar-refractivity contribution >= 4 is 55.3 Å². The lowest BCUT2D eigenvalue weighted by Gasteiger charge is -2.31. The Labute approximate surface area is 678 Å². The first-order valence-corrected chi connectivity index (χ1v) is 43.8. The summed E-state index contributed by atoms with van der Waals surface area (Å²) < 4.78 is 26.2. The van der Waals surface area contributed by atoms with E-state index in [1.54, 1.807) is 0 Å². The Hall–Kier alpha value is -8.92. The molecule has 113 heavy (non-hydrogen) atoms. The summed E-state index contributed by atoms with van der Waals surface area (Å²) in [5.74, 6) is 1.95. The first kappa shape index (κ1) is 78.0. The highest BCUT2D eigenvalue weighted by Crippen LogP contribution is 2.59. The maximum absolute atomic E-state index is 8.09. The molecule has 3 aromatic heterocycles. The second-order valence-corrected chi connectivity index (χ2v) is 45.0. The number of rotatable bonds is 12. The highest BCUT2D eigenvalue weighted by Gasteiger charge is 2.46. The van der Waals surface area contributed by atoms with E-state index in [2.05, 4.69) is 403 Å². The summed E-state index contributed by atoms with van der Waals surface area (Å²) in [4.78, 5) is 0. The van der Waals surface area contributed by atoms with Crippen molar-refractivity contribution in [1.29, 1.82) is 0 Å². The fourth-order valence-corrected chi connectivity index (χ4v) is 21.1. The molecule has 1 spiro atoms. The van der Waals surface area contributed by atoms with Gasteiger partial charge in [0, 0.05) is 47.0 Å². The van der Waals surface area contributed by atoms with Crippen molar-refractivity contribution in [3.63, 3.8) is 0 Å². The fraction of sp³-hybridized carbons (Fsp3) is 0.371. The smallest absolute Gasteiger partial charge is 0.318 e. The molecule has 4 heterocycles. The van der Waals surface area contributed by atoms with Gasteiger partial charge >= 0.3 is 16.9 Å². The molecular formula is C105H120N4O2P2. The minimum atomic E-state index is -1.61. The summed E-state index contributed by atoms with van der Waals surface area (Å²) in [6, 6.07) is 78.5. The Morgan fingerprint density at radius 2 is 0.566 bits per heavy atom. The lowest BCUT2D eigenvalue weighted by Crippen LogP contribution is -2.22. The Morgan fingerprint density at radius 1 is 0.274 bits per heavy atom. The van der Waals surface area contributed by atoms with Crippen molar-refractivity contribution < 1.29 is 9.05 Å². The summed E-state index contributed by atoms with van der Waals surface area (Å²) in [6.07, 6.45) is 11.5. The number of hydrogen-bond acceptors (Lipinski definition) is 3. The van der Waals surface area contributed by atoms with Crippen LogP contribution in [0.3, 0.4) is 0 Å². The zero-order valence-corrected chi connectivity index (χ0v) is 73.8. The van der Waals surface area contributed by atoms with Crippen molar-refractivity contribution in [3.8, 4) is 56.0 Å². The van der Waals surface area contributed by atoms with Gasteiger partial charge in [-0.1, -0.05) is 312 Å². The van der Waals surface area contributed by atoms with E-state index >= 15 is 0 Å². The Morgan fingerprint density at radius 3 is 0.885 bits per heavy atom. The largest absolute Gasteiger partial charge is 0.436 e. The van der Waals surface area contributed by atoms with Crippen molar-refractivity contribution in [2.75, 3.05) is 11.2 Å². The highest BCUT2D eigenvalue weighted by atomic mass is 31.2. The van der Waals surface area contributed by atoms with Gasteiger partial charge in [-0.25, -0.2) is 0 Å². The molecule has 0 bridgehead atoms. The van der Waals surface area contributed by atoms with Crippen LogP contribution in [0.4, 0.5) is 5.69 Å². The molecule has 582 valence electrons. The minimum Gasteiger partial charge on any atom is -0.436 e. The van der Waals surface area contributed by atoms with E-state index in [0.717, 1.165) is 61.2 Å². The summed E-state index contributed by atoms with van der Waals surface area (Å²) in [7, 11) is -3.14. The lowest BCUT2D eigenvalue weighted by molar-refractivity contribution is 0.324. The Bertz CT molecular complexity index is 5610. The summed E-state index contributed by atoms with van der Waals surface area (Å²) >= 11 is 0. The van der Waals surface area contributed by atoms with Crippen molar-refractivity contribution in [3.05, 3.63) is 291 Å². The number of benzene rings is 10. The van der Waals surface area contributed by atoms with Crippen LogP contribution >= 0.6 is 16.9 Å². The number of nitrogens with zero attached hydrogens (tertiary/aromatic N) is 4. The monoisotopic (exact) mass is 1530 g/mol. The van der Waals surface area contributed by atoms with Crippen LogP contribution in [-0.4, -0.2) is 19.6 Å². The minimum absolute atomic E-state index is 0.0164. The number of aromatic nitrogens is 3. The molecule has 2 aliphatic carbocycles. The Balaban J connectivity index is 0.791. The van der Waals surface area contributed by atoms with Crippen LogP contribution in [-0.2, 0) is 75.4 Å². The number of anilines is 1. The molecule has 13 aromatic rings. The van der Waals surface area contributed by atoms with Gasteiger partial charge in [-0.3, -0.25) is 13.0 Å². The predicted molar refractivity (Wildman–Crippen MR) is 486 cm³/mol. The molecule has 2 atom stereocenters. The van der Waals surface area contributed by atoms with Crippen LogP contribution in [0.1, 0.15) is 238 Å². The lowest BCUT2D eigenvalue weighted by atomic mass is 9.79. The Kier molecular flexibility index (Phi) is 19.1. The fourth-order valence-electron chi connectivity index (χ4n) is 17.3. The normalized spacial score (nSPS) is 16.0. The molecule has 8 heteroatoms. The van der Waals surface area contributed by atoms with Crippen LogP contribution < -0.4 is 13.7 Å². The van der Waals surface area contributed by atoms with E-state index < -0.39 is 16.9 Å². The van der Waals surface area contributed by atoms with Gasteiger partial charge in [-0.15, -0.1) is 0 Å². The van der Waals surface area contributed by atoms with E-state index in [9.17, 15) is 0 Å². The zero-order valence-electron chi connectivity index (χ0n) is 72.0. The summed E-state index contributed by atoms with van der Waals surface area (Å²) in [6.45, 7) is 56.9. The van der Waals surface area contributed by atoms with Crippen molar-refractivity contribution in [2.24, 2.45) is 5.41 Å². The van der Waals surface area contributed by atoms with Crippen LogP contribution in [0.25, 0.3) is 77.2 Å². The molecule has 1 aliphatic heterocycles. The van der Waals surface area contributed by atoms with E-state index in [1.807, 2.05) is 0 Å². The average molecular weight is 1530 g/mol. The van der Waals surface area contributed by atoms with Crippen LogP contribution in [0.2, 0.25) is 0 Å². The third-order valence-corrected chi connectivity index (χ3v) is 28.5. The van der Waals surface area contributed by atoms with Gasteiger partial charge < -0.3 is 13.7 Å². The molecule has 0 amide bonds. The molecule has 0 N–H and O–H groups in total. The number of fused-ring (bicyclic) bond motifs is 6. The van der Waals surface area contributed by atoms with Gasteiger partial charge in [0.15, 0.2) is 0 Å². The molecule has 0 radical (unpaired) electrons. The van der Waals surface area contributed by atoms with Gasteiger partial charge in [-0.05, 0) is 252 Å². The van der Waals surface area contributed by atoms with Gasteiger partial charge in [0.1, 0.15) is 11.5 Å². The van der Waals surface area contributed by atoms with E-state index in [4.69, 9.17) is 9.05 Å². The van der Waals surface area contributed by atoms with Gasteiger partial charge in [0.05, 0.1) is 16.6 Å². The first-order chi connectivity index (χ1) is 52.9. The second kappa shape index (κ2) is 27.7. The molecule has 3 aliphatic rings. The molecule has 0 saturated carbocycles. The summed E-state index contributed by atoms with van der Waals surface area (Å²) in [5.41, 5.74) is 31.9. The maximum atomic E-state index is 8.09. The van der Waals surface area contributed by atoms with Gasteiger partial charge in [0.2, 0.25) is 0 Å². The van der Waals surface area contributed by atoms with Crippen LogP contribution in [0.5, 0.6) is 11.5 Å². The van der Waals surface area contributed by atoms with Crippen LogP contribution in [0, 0.1) is 5.41 Å². The number of hydrogen-bond donors (Lipinski definition) is 0. The van der Waals surface area contributed by atoms with E-state index in [-0.39, 0.29) is 48.7 Å². The molecule has 2 unspecified atom stereocenters. The van der Waals surface area contributed by atoms with Crippen LogP contribution in [0.15, 0.2) is 219 Å². The molecule has 0 fully saturated rings. The maximum Gasteiger partial charge on any atom is 0.318 e. The third-order valence-electron chi connectivity index (χ3n) is 24.8. The highest BCUT2D eigenvalue weighted by molar-refractivity contribution is 7.53. The average Bonchev–Trinajstić information content (AvgIpc) is 1.59. The van der Waals surface area contributed by atoms with E-state index in [0.29, 0.717) is 0 Å². The molecule has 10 aromatic carbocycles. The predicted octanol–water partition coefficient (Wildman–Crippen LogP) is 29.4. The van der Waals surface area contributed by atoms with Crippen molar-refractivity contribution in [2.45, 2.75) is 242 Å².